The molecular formula is C16H19N3O3S2. The highest BCUT2D eigenvalue weighted by molar-refractivity contribution is 7.89. The Morgan fingerprint density at radius 1 is 1.17 bits per heavy atom. The van der Waals surface area contributed by atoms with Crippen LogP contribution in [0.15, 0.2) is 35.4 Å². The van der Waals surface area contributed by atoms with Crippen LogP contribution in [0.1, 0.15) is 34.5 Å². The molecule has 3 rings (SSSR count). The van der Waals surface area contributed by atoms with Gasteiger partial charge in [-0.05, 0) is 44.0 Å². The van der Waals surface area contributed by atoms with Gasteiger partial charge in [-0.1, -0.05) is 6.42 Å². The predicted octanol–water partition coefficient (Wildman–Crippen LogP) is 2.88. The van der Waals surface area contributed by atoms with Crippen LogP contribution in [0.2, 0.25) is 0 Å². The number of amides is 1. The van der Waals surface area contributed by atoms with Crippen molar-refractivity contribution in [2.75, 3.05) is 18.4 Å². The highest BCUT2D eigenvalue weighted by Gasteiger charge is 2.25. The minimum Gasteiger partial charge on any atom is -0.298 e. The molecule has 0 saturated carbocycles. The number of piperidine rings is 1. The average molecular weight is 365 g/mol. The standard InChI is InChI=1S/C16H19N3O3S2/c1-12-11-17-16(23-12)18-15(20)13-5-7-14(8-6-13)24(21,22)19-9-3-2-4-10-19/h5-8,11H,2-4,9-10H2,1H3,(H,17,18,20). The van der Waals surface area contributed by atoms with Gasteiger partial charge in [-0.3, -0.25) is 10.1 Å². The van der Waals surface area contributed by atoms with E-state index in [1.165, 1.54) is 39.9 Å². The van der Waals surface area contributed by atoms with Gasteiger partial charge in [-0.15, -0.1) is 11.3 Å². The lowest BCUT2D eigenvalue weighted by atomic mass is 10.2. The number of rotatable bonds is 4. The topological polar surface area (TPSA) is 79.4 Å². The fraction of sp³-hybridized carbons (Fsp3) is 0.375. The molecule has 0 aliphatic carbocycles. The van der Waals surface area contributed by atoms with Gasteiger partial charge in [0, 0.05) is 29.7 Å². The van der Waals surface area contributed by atoms with Gasteiger partial charge in [-0.2, -0.15) is 4.31 Å². The molecule has 8 heteroatoms. The van der Waals surface area contributed by atoms with Crippen LogP contribution in [0.5, 0.6) is 0 Å². The zero-order valence-corrected chi connectivity index (χ0v) is 15.0. The second-order valence-corrected chi connectivity index (χ2v) is 8.89. The van der Waals surface area contributed by atoms with Gasteiger partial charge >= 0.3 is 0 Å². The maximum atomic E-state index is 12.6. The van der Waals surface area contributed by atoms with Crippen LogP contribution < -0.4 is 5.32 Å². The van der Waals surface area contributed by atoms with E-state index >= 15 is 0 Å². The van der Waals surface area contributed by atoms with Gasteiger partial charge in [0.05, 0.1) is 4.90 Å². The lowest BCUT2D eigenvalue weighted by Crippen LogP contribution is -2.35. The molecule has 0 atom stereocenters. The van der Waals surface area contributed by atoms with Crippen LogP contribution in [0.25, 0.3) is 0 Å². The van der Waals surface area contributed by atoms with Crippen molar-refractivity contribution < 1.29 is 13.2 Å². The lowest BCUT2D eigenvalue weighted by Gasteiger charge is -2.25. The van der Waals surface area contributed by atoms with Crippen LogP contribution >= 0.6 is 11.3 Å². The van der Waals surface area contributed by atoms with E-state index in [0.717, 1.165) is 24.1 Å². The molecule has 1 aromatic carbocycles. The Hall–Kier alpha value is -1.77. The molecule has 1 aliphatic rings. The van der Waals surface area contributed by atoms with E-state index in [1.54, 1.807) is 6.20 Å². The molecule has 1 fully saturated rings. The monoisotopic (exact) mass is 365 g/mol. The van der Waals surface area contributed by atoms with Crippen molar-refractivity contribution in [2.45, 2.75) is 31.1 Å². The number of benzene rings is 1. The van der Waals surface area contributed by atoms with Crippen molar-refractivity contribution in [1.29, 1.82) is 0 Å². The number of aromatic nitrogens is 1. The number of anilines is 1. The van der Waals surface area contributed by atoms with Crippen molar-refractivity contribution in [3.05, 3.63) is 40.9 Å². The molecule has 0 radical (unpaired) electrons. The number of hydrogen-bond acceptors (Lipinski definition) is 5. The molecule has 24 heavy (non-hydrogen) atoms. The molecule has 2 heterocycles. The van der Waals surface area contributed by atoms with E-state index in [9.17, 15) is 13.2 Å². The average Bonchev–Trinajstić information content (AvgIpc) is 3.00. The zero-order chi connectivity index (χ0) is 17.2. The summed E-state index contributed by atoms with van der Waals surface area (Å²) in [4.78, 5) is 17.5. The normalized spacial score (nSPS) is 16.0. The fourth-order valence-corrected chi connectivity index (χ4v) is 4.79. The van der Waals surface area contributed by atoms with Crippen molar-refractivity contribution in [1.82, 2.24) is 9.29 Å². The van der Waals surface area contributed by atoms with Gasteiger partial charge in [0.25, 0.3) is 5.91 Å². The molecule has 0 spiro atoms. The molecular weight excluding hydrogens is 346 g/mol. The summed E-state index contributed by atoms with van der Waals surface area (Å²) in [6.07, 6.45) is 4.55. The number of aryl methyl sites for hydroxylation is 1. The summed E-state index contributed by atoms with van der Waals surface area (Å²) in [7, 11) is -3.47. The third kappa shape index (κ3) is 3.66. The Kier molecular flexibility index (Phi) is 4.98. The van der Waals surface area contributed by atoms with Crippen LogP contribution in [-0.4, -0.2) is 36.7 Å². The molecule has 1 N–H and O–H groups in total. The second-order valence-electron chi connectivity index (χ2n) is 5.72. The van der Waals surface area contributed by atoms with Crippen molar-refractivity contribution in [2.24, 2.45) is 0 Å². The van der Waals surface area contributed by atoms with Crippen molar-refractivity contribution >= 4 is 32.4 Å². The van der Waals surface area contributed by atoms with E-state index in [0.29, 0.717) is 23.8 Å². The van der Waals surface area contributed by atoms with Crippen LogP contribution in [-0.2, 0) is 10.0 Å². The van der Waals surface area contributed by atoms with E-state index in [4.69, 9.17) is 0 Å². The summed E-state index contributed by atoms with van der Waals surface area (Å²) in [5.41, 5.74) is 0.403. The molecule has 128 valence electrons. The zero-order valence-electron chi connectivity index (χ0n) is 13.4. The summed E-state index contributed by atoms with van der Waals surface area (Å²) >= 11 is 1.39. The number of hydrogen-bond donors (Lipinski definition) is 1. The number of carbonyl (C=O) groups excluding carboxylic acids is 1. The molecule has 1 aliphatic heterocycles. The number of thiazole rings is 1. The summed E-state index contributed by atoms with van der Waals surface area (Å²) in [5.74, 6) is -0.300. The molecule has 1 amide bonds. The summed E-state index contributed by atoms with van der Waals surface area (Å²) in [6.45, 7) is 3.04. The molecule has 2 aromatic rings. The van der Waals surface area contributed by atoms with Gasteiger partial charge in [0.15, 0.2) is 5.13 Å². The highest BCUT2D eigenvalue weighted by Crippen LogP contribution is 2.22. The predicted molar refractivity (Wildman–Crippen MR) is 93.9 cm³/mol. The highest BCUT2D eigenvalue weighted by atomic mass is 32.2. The van der Waals surface area contributed by atoms with Gasteiger partial charge in [0.1, 0.15) is 0 Å². The van der Waals surface area contributed by atoms with E-state index in [2.05, 4.69) is 10.3 Å². The Bertz CT molecular complexity index is 823. The van der Waals surface area contributed by atoms with E-state index < -0.39 is 10.0 Å². The Labute approximate surface area is 145 Å². The number of nitrogens with one attached hydrogen (secondary N) is 1. The van der Waals surface area contributed by atoms with Crippen LogP contribution in [0, 0.1) is 6.92 Å². The third-order valence-corrected chi connectivity index (χ3v) is 6.65. The van der Waals surface area contributed by atoms with E-state index in [-0.39, 0.29) is 10.8 Å². The second kappa shape index (κ2) is 7.00. The number of nitrogens with zero attached hydrogens (tertiary/aromatic N) is 2. The Balaban J connectivity index is 1.73. The molecule has 6 nitrogen and oxygen atoms in total. The first kappa shape index (κ1) is 17.1. The summed E-state index contributed by atoms with van der Waals surface area (Å²) in [6, 6.07) is 6.05. The fourth-order valence-electron chi connectivity index (χ4n) is 2.61. The van der Waals surface area contributed by atoms with Gasteiger partial charge in [0.2, 0.25) is 10.0 Å². The largest absolute Gasteiger partial charge is 0.298 e. The molecule has 0 unspecified atom stereocenters. The lowest BCUT2D eigenvalue weighted by molar-refractivity contribution is 0.102. The van der Waals surface area contributed by atoms with Crippen LogP contribution in [0.4, 0.5) is 5.13 Å². The Morgan fingerprint density at radius 2 is 1.83 bits per heavy atom. The smallest absolute Gasteiger partial charge is 0.257 e. The Morgan fingerprint density at radius 3 is 2.42 bits per heavy atom. The summed E-state index contributed by atoms with van der Waals surface area (Å²) in [5, 5.41) is 3.24. The molecule has 0 bridgehead atoms. The van der Waals surface area contributed by atoms with Crippen molar-refractivity contribution in [3.63, 3.8) is 0 Å². The van der Waals surface area contributed by atoms with Gasteiger partial charge < -0.3 is 0 Å². The SMILES string of the molecule is Cc1cnc(NC(=O)c2ccc(S(=O)(=O)N3CCCCC3)cc2)s1. The maximum absolute atomic E-state index is 12.6. The number of carbonyl (C=O) groups is 1. The molecule has 1 saturated heterocycles. The summed E-state index contributed by atoms with van der Waals surface area (Å²) < 4.78 is 26.7. The van der Waals surface area contributed by atoms with Crippen molar-refractivity contribution in [3.8, 4) is 0 Å². The number of sulfonamides is 1. The van der Waals surface area contributed by atoms with E-state index in [1.807, 2.05) is 6.92 Å². The quantitative estimate of drug-likeness (QED) is 0.903. The first-order chi connectivity index (χ1) is 11.5. The molecule has 1 aromatic heterocycles. The third-order valence-electron chi connectivity index (χ3n) is 3.91. The van der Waals surface area contributed by atoms with Gasteiger partial charge in [-0.25, -0.2) is 13.4 Å². The van der Waals surface area contributed by atoms with Crippen LogP contribution in [0.3, 0.4) is 0 Å². The first-order valence-electron chi connectivity index (χ1n) is 7.81. The minimum absolute atomic E-state index is 0.228. The maximum Gasteiger partial charge on any atom is 0.257 e. The minimum atomic E-state index is -3.47. The first-order valence-corrected chi connectivity index (χ1v) is 10.1.